The highest BCUT2D eigenvalue weighted by molar-refractivity contribution is 5.95. The predicted molar refractivity (Wildman–Crippen MR) is 198 cm³/mol. The largest absolute Gasteiger partial charge is 0.467 e. The lowest BCUT2D eigenvalue weighted by molar-refractivity contribution is -0.147. The van der Waals surface area contributed by atoms with E-state index in [4.69, 9.17) is 10.5 Å². The summed E-state index contributed by atoms with van der Waals surface area (Å²) < 4.78 is 4.91. The number of rotatable bonds is 22. The van der Waals surface area contributed by atoms with Gasteiger partial charge in [0.1, 0.15) is 24.2 Å². The maximum atomic E-state index is 13.8. The summed E-state index contributed by atoms with van der Waals surface area (Å²) >= 11 is 0. The van der Waals surface area contributed by atoms with Crippen molar-refractivity contribution in [3.05, 3.63) is 35.9 Å². The molecular weight excluding hydrogens is 702 g/mol. The molecule has 1 saturated heterocycles. The van der Waals surface area contributed by atoms with Gasteiger partial charge in [0.15, 0.2) is 0 Å². The number of nitrogens with zero attached hydrogens (tertiary/aromatic N) is 1. The Morgan fingerprint density at radius 3 is 2.07 bits per heavy atom. The minimum absolute atomic E-state index is 0.0300. The number of β-amino-alcohol motifs (C(OH)–C–C–N with tert-alkyl or cyclic N) is 1. The Morgan fingerprint density at radius 1 is 0.907 bits per heavy atom. The molecule has 54 heavy (non-hydrogen) atoms. The molecule has 0 saturated carbocycles. The highest BCUT2D eigenvalue weighted by Gasteiger charge is 2.38. The molecule has 9 N–H and O–H groups in total. The molecule has 1 aromatic rings. The van der Waals surface area contributed by atoms with E-state index in [2.05, 4.69) is 26.6 Å². The standard InChI is InChI=1S/C37H59N7O10/c1-7-22(4)32(37(53)54-6)43-36(52)29-14-11-15-44(29)19-30(47)25(17-24-12-9-8-10-13-24)40-34(50)27(18-31(38)48)42-33(49)26(16-21(2)3)41-35(51)28(20-45)39-23(5)46/h8-10,12-13,21-22,25-30,32,45,47H,7,11,14-20H2,1-6H3,(H2,38,48)(H,39,46)(H,40,50)(H,41,51)(H,42,49)(H,43,52)/t22?,25-,26-,27-,28-,29-,30-,32-/m0/s1. The van der Waals surface area contributed by atoms with Crippen LogP contribution in [-0.4, -0.2) is 126 Å². The molecule has 302 valence electrons. The van der Waals surface area contributed by atoms with Crippen LogP contribution in [0.3, 0.4) is 0 Å². The van der Waals surface area contributed by atoms with Crippen LogP contribution in [0, 0.1) is 11.8 Å². The van der Waals surface area contributed by atoms with E-state index in [1.807, 2.05) is 32.0 Å². The van der Waals surface area contributed by atoms with Gasteiger partial charge in [-0.2, -0.15) is 0 Å². The topological polar surface area (TPSA) is 259 Å². The fourth-order valence-electron chi connectivity index (χ4n) is 6.29. The third-order valence-corrected chi connectivity index (χ3v) is 9.40. The summed E-state index contributed by atoms with van der Waals surface area (Å²) in [6, 6.07) is 2.50. The van der Waals surface area contributed by atoms with Gasteiger partial charge >= 0.3 is 5.97 Å². The van der Waals surface area contributed by atoms with Crippen LogP contribution in [0.5, 0.6) is 0 Å². The molecule has 1 heterocycles. The van der Waals surface area contributed by atoms with Gasteiger partial charge in [-0.15, -0.1) is 0 Å². The quantitative estimate of drug-likeness (QED) is 0.0640. The second-order valence-corrected chi connectivity index (χ2v) is 14.3. The van der Waals surface area contributed by atoms with Crippen LogP contribution in [0.15, 0.2) is 30.3 Å². The molecule has 0 bridgehead atoms. The zero-order chi connectivity index (χ0) is 40.5. The van der Waals surface area contributed by atoms with E-state index in [0.29, 0.717) is 25.8 Å². The molecule has 1 fully saturated rings. The molecule has 1 aromatic carbocycles. The third-order valence-electron chi connectivity index (χ3n) is 9.40. The molecule has 0 spiro atoms. The van der Waals surface area contributed by atoms with Gasteiger partial charge in [0.2, 0.25) is 35.4 Å². The van der Waals surface area contributed by atoms with Gasteiger partial charge in [-0.25, -0.2) is 4.79 Å². The molecule has 1 aliphatic heterocycles. The Balaban J connectivity index is 2.31. The van der Waals surface area contributed by atoms with Crippen molar-refractivity contribution in [1.29, 1.82) is 0 Å². The smallest absolute Gasteiger partial charge is 0.328 e. The second kappa shape index (κ2) is 22.6. The van der Waals surface area contributed by atoms with E-state index in [9.17, 15) is 43.8 Å². The molecule has 17 heteroatoms. The lowest BCUT2D eigenvalue weighted by Gasteiger charge is -2.32. The molecule has 2 rings (SSSR count). The maximum absolute atomic E-state index is 13.8. The van der Waals surface area contributed by atoms with Crippen molar-refractivity contribution in [2.75, 3.05) is 26.8 Å². The Kier molecular flexibility index (Phi) is 19.0. The molecule has 1 aliphatic rings. The number of hydrogen-bond acceptors (Lipinski definition) is 11. The molecule has 1 unspecified atom stereocenters. The number of hydrogen-bond donors (Lipinski definition) is 8. The third kappa shape index (κ3) is 14.7. The number of benzene rings is 1. The van der Waals surface area contributed by atoms with Gasteiger partial charge in [-0.3, -0.25) is 33.7 Å². The monoisotopic (exact) mass is 761 g/mol. The number of likely N-dealkylation sites (tertiary alicyclic amines) is 1. The minimum Gasteiger partial charge on any atom is -0.467 e. The zero-order valence-electron chi connectivity index (χ0n) is 32.1. The Hall–Kier alpha value is -4.61. The molecule has 0 aliphatic carbocycles. The van der Waals surface area contributed by atoms with Gasteiger partial charge in [0, 0.05) is 13.5 Å². The number of primary amides is 1. The van der Waals surface area contributed by atoms with E-state index in [1.165, 1.54) is 14.0 Å². The van der Waals surface area contributed by atoms with E-state index in [0.717, 1.165) is 5.56 Å². The number of nitrogens with one attached hydrogen (secondary N) is 5. The van der Waals surface area contributed by atoms with E-state index in [-0.39, 0.29) is 37.1 Å². The first-order valence-corrected chi connectivity index (χ1v) is 18.4. The average Bonchev–Trinajstić information content (AvgIpc) is 3.59. The lowest BCUT2D eigenvalue weighted by Crippen LogP contribution is -2.60. The van der Waals surface area contributed by atoms with Crippen LogP contribution < -0.4 is 32.3 Å². The average molecular weight is 762 g/mol. The number of ether oxygens (including phenoxy) is 1. The van der Waals surface area contributed by atoms with Gasteiger partial charge < -0.3 is 47.3 Å². The minimum atomic E-state index is -1.50. The zero-order valence-corrected chi connectivity index (χ0v) is 32.1. The first-order valence-electron chi connectivity index (χ1n) is 18.4. The summed E-state index contributed by atoms with van der Waals surface area (Å²) in [4.78, 5) is 91.6. The van der Waals surface area contributed by atoms with Gasteiger partial charge in [0.25, 0.3) is 0 Å². The Labute approximate surface area is 316 Å². The van der Waals surface area contributed by atoms with Crippen molar-refractivity contribution in [1.82, 2.24) is 31.5 Å². The Morgan fingerprint density at radius 2 is 1.52 bits per heavy atom. The molecule has 17 nitrogen and oxygen atoms in total. The lowest BCUT2D eigenvalue weighted by atomic mass is 9.98. The number of aliphatic hydroxyl groups is 2. The van der Waals surface area contributed by atoms with Crippen molar-refractivity contribution >= 4 is 41.4 Å². The molecule has 8 atom stereocenters. The summed E-state index contributed by atoms with van der Waals surface area (Å²) in [6.07, 6.45) is 0.164. The molecule has 0 radical (unpaired) electrons. The van der Waals surface area contributed by atoms with Crippen LogP contribution in [0.4, 0.5) is 0 Å². The number of methoxy groups -OCH3 is 1. The summed E-state index contributed by atoms with van der Waals surface area (Å²) in [5.74, 6) is -5.18. The molecular formula is C37H59N7O10. The summed E-state index contributed by atoms with van der Waals surface area (Å²) in [6.45, 7) is 8.21. The van der Waals surface area contributed by atoms with Crippen LogP contribution in [0.1, 0.15) is 72.3 Å². The van der Waals surface area contributed by atoms with Crippen LogP contribution >= 0.6 is 0 Å². The number of esters is 1. The van der Waals surface area contributed by atoms with E-state index in [1.54, 1.807) is 30.9 Å². The SMILES string of the molecule is CCC(C)[C@H](NC(=O)[C@@H]1CCCN1C[C@H](O)[C@H](Cc1ccccc1)NC(=O)[C@H](CC(N)=O)NC(=O)[C@H](CC(C)C)NC(=O)[C@H](CO)NC(C)=O)C(=O)OC. The first kappa shape index (κ1) is 45.5. The fourth-order valence-corrected chi connectivity index (χ4v) is 6.29. The normalized spacial score (nSPS) is 18.2. The van der Waals surface area contributed by atoms with Gasteiger partial charge in [-0.05, 0) is 49.6 Å². The maximum Gasteiger partial charge on any atom is 0.328 e. The van der Waals surface area contributed by atoms with Crippen molar-refractivity contribution in [2.24, 2.45) is 17.6 Å². The van der Waals surface area contributed by atoms with Crippen molar-refractivity contribution in [2.45, 2.75) is 115 Å². The summed E-state index contributed by atoms with van der Waals surface area (Å²) in [5, 5.41) is 34.2. The van der Waals surface area contributed by atoms with E-state index >= 15 is 0 Å². The van der Waals surface area contributed by atoms with Crippen LogP contribution in [-0.2, 0) is 44.7 Å². The van der Waals surface area contributed by atoms with Crippen molar-refractivity contribution in [3.8, 4) is 0 Å². The fraction of sp³-hybridized carbons (Fsp3) is 0.649. The Bertz CT molecular complexity index is 1430. The molecule has 0 aromatic heterocycles. The predicted octanol–water partition coefficient (Wildman–Crippen LogP) is -1.37. The number of nitrogens with two attached hydrogens (primary N) is 1. The molecule has 6 amide bonds. The first-order chi connectivity index (χ1) is 25.5. The number of aliphatic hydroxyl groups excluding tert-OH is 2. The second-order valence-electron chi connectivity index (χ2n) is 14.3. The highest BCUT2D eigenvalue weighted by atomic mass is 16.5. The van der Waals surface area contributed by atoms with Crippen molar-refractivity contribution < 1.29 is 48.5 Å². The van der Waals surface area contributed by atoms with Crippen molar-refractivity contribution in [3.63, 3.8) is 0 Å². The number of amides is 6. The van der Waals surface area contributed by atoms with Gasteiger partial charge in [-0.1, -0.05) is 64.4 Å². The highest BCUT2D eigenvalue weighted by Crippen LogP contribution is 2.21. The number of carbonyl (C=O) groups is 7. The summed E-state index contributed by atoms with van der Waals surface area (Å²) in [5.41, 5.74) is 6.24. The van der Waals surface area contributed by atoms with Gasteiger partial charge in [0.05, 0.1) is 38.3 Å². The van der Waals surface area contributed by atoms with E-state index < -0.39 is 90.9 Å². The number of carbonyl (C=O) groups excluding carboxylic acids is 7. The summed E-state index contributed by atoms with van der Waals surface area (Å²) in [7, 11) is 1.26. The van der Waals surface area contributed by atoms with Crippen LogP contribution in [0.25, 0.3) is 0 Å². The van der Waals surface area contributed by atoms with Crippen LogP contribution in [0.2, 0.25) is 0 Å².